The number of amides is 1. The smallest absolute Gasteiger partial charge is 0.423 e. The van der Waals surface area contributed by atoms with E-state index in [4.69, 9.17) is 9.39 Å². The van der Waals surface area contributed by atoms with E-state index >= 15 is 0 Å². The van der Waals surface area contributed by atoms with Gasteiger partial charge in [-0.05, 0) is 47.8 Å². The minimum Gasteiger partial charge on any atom is -0.423 e. The Hall–Kier alpha value is -2.56. The number of nitrogens with zero attached hydrogens (tertiary/aromatic N) is 1. The molecule has 1 saturated heterocycles. The molecule has 1 fully saturated rings. The summed E-state index contributed by atoms with van der Waals surface area (Å²) in [6.07, 6.45) is -4.07. The summed E-state index contributed by atoms with van der Waals surface area (Å²) in [4.78, 5) is 14.5. The number of alkyl halides is 3. The monoisotopic (exact) mass is 420 g/mol. The molecule has 2 aromatic carbocycles. The molecule has 4 rings (SSSR count). The first-order valence-electron chi connectivity index (χ1n) is 9.61. The molecular formula is C20H20BF3N2O4. The molecule has 1 amide bonds. The Kier molecular flexibility index (Phi) is 5.72. The average molecular weight is 420 g/mol. The summed E-state index contributed by atoms with van der Waals surface area (Å²) in [7, 11) is -1.12. The number of carbonyl (C=O) groups excluding carboxylic acids is 1. The van der Waals surface area contributed by atoms with Crippen molar-refractivity contribution in [2.24, 2.45) is 0 Å². The third kappa shape index (κ3) is 4.30. The predicted molar refractivity (Wildman–Crippen MR) is 106 cm³/mol. The van der Waals surface area contributed by atoms with E-state index in [-0.39, 0.29) is 5.69 Å². The molecule has 2 aromatic rings. The van der Waals surface area contributed by atoms with E-state index in [0.29, 0.717) is 50.5 Å². The normalized spacial score (nSPS) is 16.9. The van der Waals surface area contributed by atoms with Crippen LogP contribution in [0, 0.1) is 0 Å². The number of hydrogen-bond donors (Lipinski definition) is 2. The molecule has 0 saturated carbocycles. The molecule has 0 spiro atoms. The van der Waals surface area contributed by atoms with Gasteiger partial charge in [0.15, 0.2) is 0 Å². The average Bonchev–Trinajstić information content (AvgIpc) is 2.74. The van der Waals surface area contributed by atoms with E-state index in [1.165, 1.54) is 18.2 Å². The lowest BCUT2D eigenvalue weighted by atomic mass is 9.73. The van der Waals surface area contributed by atoms with Crippen molar-refractivity contribution in [3.05, 3.63) is 53.1 Å². The molecule has 0 atom stereocenters. The van der Waals surface area contributed by atoms with Crippen molar-refractivity contribution >= 4 is 29.9 Å². The van der Waals surface area contributed by atoms with Crippen molar-refractivity contribution < 1.29 is 32.4 Å². The molecule has 2 aliphatic rings. The van der Waals surface area contributed by atoms with Gasteiger partial charge in [0.2, 0.25) is 0 Å². The standard InChI is InChI=1S/C20H20BF3N2O4/c22-20(23,24)17-12-15(26-6-9-29-10-7-26)3-4-16(17)19(27)25-14-2-1-13-5-8-30-21(28)18(13)11-14/h1-4,11-12,28H,5-10H2,(H,25,27). The highest BCUT2D eigenvalue weighted by Crippen LogP contribution is 2.35. The first-order chi connectivity index (χ1) is 14.3. The molecule has 0 bridgehead atoms. The topological polar surface area (TPSA) is 71.0 Å². The zero-order valence-electron chi connectivity index (χ0n) is 16.0. The first kappa shape index (κ1) is 20.7. The predicted octanol–water partition coefficient (Wildman–Crippen LogP) is 2.05. The molecule has 30 heavy (non-hydrogen) atoms. The number of rotatable bonds is 3. The Morgan fingerprint density at radius 1 is 1.10 bits per heavy atom. The molecule has 0 aromatic heterocycles. The fourth-order valence-electron chi connectivity index (χ4n) is 3.68. The van der Waals surface area contributed by atoms with Gasteiger partial charge in [0, 0.05) is 31.1 Å². The number of morpholine rings is 1. The highest BCUT2D eigenvalue weighted by molar-refractivity contribution is 6.61. The van der Waals surface area contributed by atoms with Crippen molar-refractivity contribution in [1.29, 1.82) is 0 Å². The van der Waals surface area contributed by atoms with Crippen LogP contribution in [0.25, 0.3) is 0 Å². The van der Waals surface area contributed by atoms with E-state index in [1.807, 2.05) is 0 Å². The van der Waals surface area contributed by atoms with E-state index in [9.17, 15) is 23.0 Å². The van der Waals surface area contributed by atoms with Crippen LogP contribution in [-0.2, 0) is 22.0 Å². The Labute approximate surface area is 171 Å². The summed E-state index contributed by atoms with van der Waals surface area (Å²) in [5.74, 6) is -0.873. The number of fused-ring (bicyclic) bond motifs is 1. The second-order valence-electron chi connectivity index (χ2n) is 7.17. The van der Waals surface area contributed by atoms with E-state index in [2.05, 4.69) is 5.32 Å². The lowest BCUT2D eigenvalue weighted by Crippen LogP contribution is -2.41. The molecule has 0 radical (unpaired) electrons. The fraction of sp³-hybridized carbons (Fsp3) is 0.350. The van der Waals surface area contributed by atoms with Crippen molar-refractivity contribution in [2.45, 2.75) is 12.6 Å². The zero-order chi connectivity index (χ0) is 21.3. The highest BCUT2D eigenvalue weighted by atomic mass is 19.4. The maximum absolute atomic E-state index is 13.7. The van der Waals surface area contributed by atoms with Crippen LogP contribution in [0.2, 0.25) is 0 Å². The molecule has 2 heterocycles. The van der Waals surface area contributed by atoms with Gasteiger partial charge >= 0.3 is 13.3 Å². The molecule has 2 N–H and O–H groups in total. The number of hydrogen-bond acceptors (Lipinski definition) is 5. The maximum Gasteiger partial charge on any atom is 0.491 e. The lowest BCUT2D eigenvalue weighted by Gasteiger charge is -2.29. The molecular weight excluding hydrogens is 400 g/mol. The highest BCUT2D eigenvalue weighted by Gasteiger charge is 2.36. The quantitative estimate of drug-likeness (QED) is 0.745. The van der Waals surface area contributed by atoms with Crippen molar-refractivity contribution in [3.63, 3.8) is 0 Å². The van der Waals surface area contributed by atoms with Gasteiger partial charge in [-0.3, -0.25) is 4.79 Å². The molecule has 0 aliphatic carbocycles. The van der Waals surface area contributed by atoms with E-state index in [0.717, 1.165) is 11.6 Å². The van der Waals surface area contributed by atoms with Gasteiger partial charge in [-0.2, -0.15) is 13.2 Å². The third-order valence-electron chi connectivity index (χ3n) is 5.25. The van der Waals surface area contributed by atoms with Gasteiger partial charge in [-0.1, -0.05) is 6.07 Å². The van der Waals surface area contributed by atoms with E-state index < -0.39 is 30.3 Å². The van der Waals surface area contributed by atoms with Crippen molar-refractivity contribution in [2.75, 3.05) is 43.1 Å². The summed E-state index contributed by atoms with van der Waals surface area (Å²) in [6, 6.07) is 8.56. The van der Waals surface area contributed by atoms with Gasteiger partial charge in [-0.15, -0.1) is 0 Å². The molecule has 158 valence electrons. The minimum atomic E-state index is -4.69. The van der Waals surface area contributed by atoms with Crippen molar-refractivity contribution in [1.82, 2.24) is 0 Å². The Bertz CT molecular complexity index is 948. The second-order valence-corrected chi connectivity index (χ2v) is 7.17. The van der Waals surface area contributed by atoms with Gasteiger partial charge in [0.25, 0.3) is 5.91 Å². The lowest BCUT2D eigenvalue weighted by molar-refractivity contribution is -0.137. The Morgan fingerprint density at radius 3 is 2.60 bits per heavy atom. The summed E-state index contributed by atoms with van der Waals surface area (Å²) in [5.41, 5.74) is 0.597. The molecule has 2 aliphatic heterocycles. The third-order valence-corrected chi connectivity index (χ3v) is 5.25. The summed E-state index contributed by atoms with van der Waals surface area (Å²) >= 11 is 0. The van der Waals surface area contributed by atoms with Crippen LogP contribution < -0.4 is 15.7 Å². The zero-order valence-corrected chi connectivity index (χ0v) is 16.0. The first-order valence-corrected chi connectivity index (χ1v) is 9.61. The van der Waals surface area contributed by atoms with Crippen LogP contribution >= 0.6 is 0 Å². The van der Waals surface area contributed by atoms with Gasteiger partial charge in [0.1, 0.15) is 0 Å². The number of ether oxygens (including phenoxy) is 1. The van der Waals surface area contributed by atoms with Crippen LogP contribution in [0.1, 0.15) is 21.5 Å². The van der Waals surface area contributed by atoms with E-state index in [1.54, 1.807) is 17.0 Å². The number of halogens is 3. The van der Waals surface area contributed by atoms with Gasteiger partial charge < -0.3 is 24.6 Å². The SMILES string of the molecule is O=C(Nc1ccc2c(c1)B(O)OCC2)c1ccc(N2CCOCC2)cc1C(F)(F)F. The fourth-order valence-corrected chi connectivity index (χ4v) is 3.68. The Balaban J connectivity index is 1.61. The van der Waals surface area contributed by atoms with Crippen LogP contribution in [0.3, 0.4) is 0 Å². The summed E-state index contributed by atoms with van der Waals surface area (Å²) < 4.78 is 51.5. The second kappa shape index (κ2) is 8.29. The maximum atomic E-state index is 13.7. The number of anilines is 2. The molecule has 0 unspecified atom stereocenters. The summed E-state index contributed by atoms with van der Waals surface area (Å²) in [6.45, 7) is 2.24. The van der Waals surface area contributed by atoms with Crippen molar-refractivity contribution in [3.8, 4) is 0 Å². The number of benzene rings is 2. The van der Waals surface area contributed by atoms with Crippen LogP contribution in [0.5, 0.6) is 0 Å². The van der Waals surface area contributed by atoms with Crippen LogP contribution in [-0.4, -0.2) is 51.0 Å². The van der Waals surface area contributed by atoms with Crippen LogP contribution in [0.4, 0.5) is 24.5 Å². The molecule has 10 heteroatoms. The number of carbonyl (C=O) groups is 1. The minimum absolute atomic E-state index is 0.286. The largest absolute Gasteiger partial charge is 0.491 e. The van der Waals surface area contributed by atoms with Gasteiger partial charge in [-0.25, -0.2) is 0 Å². The summed E-state index contributed by atoms with van der Waals surface area (Å²) in [5, 5.41) is 12.4. The molecule has 6 nitrogen and oxygen atoms in total. The van der Waals surface area contributed by atoms with Crippen LogP contribution in [0.15, 0.2) is 36.4 Å². The Morgan fingerprint density at radius 2 is 1.87 bits per heavy atom. The van der Waals surface area contributed by atoms with Gasteiger partial charge in [0.05, 0.1) is 24.3 Å². The number of nitrogens with one attached hydrogen (secondary N) is 1.